The zero-order valence-corrected chi connectivity index (χ0v) is 5.79. The Labute approximate surface area is 63.8 Å². The smallest absolute Gasteiger partial charge is 0.115 e. The molecule has 5 nitrogen and oxygen atoms in total. The molecule has 1 aliphatic rings. The van der Waals surface area contributed by atoms with Crippen LogP contribution in [0.25, 0.3) is 0 Å². The van der Waals surface area contributed by atoms with Crippen LogP contribution in [0.1, 0.15) is 0 Å². The van der Waals surface area contributed by atoms with Crippen LogP contribution in [-0.2, 0) is 4.74 Å². The second kappa shape index (κ2) is 3.46. The monoisotopic (exact) mass is 163 g/mol. The quantitative estimate of drug-likeness (QED) is 0.346. The fourth-order valence-corrected chi connectivity index (χ4v) is 0.915. The second-order valence-electron chi connectivity index (χ2n) is 2.46. The number of hydrogen-bond donors (Lipinski definition) is 4. The normalized spacial score (nSPS) is 45.8. The maximum absolute atomic E-state index is 9.09. The van der Waals surface area contributed by atoms with E-state index in [-0.39, 0.29) is 6.61 Å². The Hall–Kier alpha value is -0.200. The van der Waals surface area contributed by atoms with Crippen molar-refractivity contribution in [1.82, 2.24) is 0 Å². The van der Waals surface area contributed by atoms with Crippen molar-refractivity contribution in [2.24, 2.45) is 0 Å². The van der Waals surface area contributed by atoms with E-state index < -0.39 is 24.4 Å². The largest absolute Gasteiger partial charge is 0.394 e. The van der Waals surface area contributed by atoms with E-state index >= 15 is 0 Å². The van der Waals surface area contributed by atoms with E-state index in [1.165, 1.54) is 0 Å². The zero-order valence-electron chi connectivity index (χ0n) is 5.79. The van der Waals surface area contributed by atoms with Crippen LogP contribution in [0.15, 0.2) is 0 Å². The molecule has 0 aromatic carbocycles. The average molecular weight is 163 g/mol. The van der Waals surface area contributed by atoms with Gasteiger partial charge in [-0.25, -0.2) is 0 Å². The van der Waals surface area contributed by atoms with E-state index in [4.69, 9.17) is 20.4 Å². The van der Waals surface area contributed by atoms with Gasteiger partial charge in [-0.15, -0.1) is 0 Å². The van der Waals surface area contributed by atoms with Crippen molar-refractivity contribution < 1.29 is 25.2 Å². The lowest BCUT2D eigenvalue weighted by molar-refractivity contribution is -0.169. The van der Waals surface area contributed by atoms with Gasteiger partial charge in [0.25, 0.3) is 0 Å². The molecule has 1 fully saturated rings. The Morgan fingerprint density at radius 3 is 2.36 bits per heavy atom. The first-order valence-corrected chi connectivity index (χ1v) is 3.30. The summed E-state index contributed by atoms with van der Waals surface area (Å²) >= 11 is 0. The number of ether oxygens (including phenoxy) is 1. The van der Waals surface area contributed by atoms with Crippen molar-refractivity contribution in [3.05, 3.63) is 6.61 Å². The van der Waals surface area contributed by atoms with Crippen LogP contribution in [0.4, 0.5) is 0 Å². The van der Waals surface area contributed by atoms with Crippen molar-refractivity contribution in [2.75, 3.05) is 6.61 Å². The maximum atomic E-state index is 9.09. The van der Waals surface area contributed by atoms with Crippen molar-refractivity contribution in [3.8, 4) is 0 Å². The first-order chi connectivity index (χ1) is 5.16. The molecule has 1 saturated heterocycles. The molecule has 0 bridgehead atoms. The highest BCUT2D eigenvalue weighted by molar-refractivity contribution is 4.91. The van der Waals surface area contributed by atoms with E-state index in [0.717, 1.165) is 6.61 Å². The number of hydrogen-bond acceptors (Lipinski definition) is 5. The van der Waals surface area contributed by atoms with Gasteiger partial charge >= 0.3 is 0 Å². The molecule has 0 spiro atoms. The molecule has 0 saturated carbocycles. The van der Waals surface area contributed by atoms with Gasteiger partial charge in [-0.2, -0.15) is 0 Å². The molecular formula is C6H11O5. The summed E-state index contributed by atoms with van der Waals surface area (Å²) in [4.78, 5) is 0. The summed E-state index contributed by atoms with van der Waals surface area (Å²) in [6.07, 6.45) is -4.54. The van der Waals surface area contributed by atoms with Crippen LogP contribution in [-0.4, -0.2) is 51.4 Å². The van der Waals surface area contributed by atoms with Crippen molar-refractivity contribution in [3.63, 3.8) is 0 Å². The molecule has 5 heteroatoms. The summed E-state index contributed by atoms with van der Waals surface area (Å²) in [5.74, 6) is 0. The molecule has 0 aromatic rings. The molecule has 65 valence electrons. The van der Waals surface area contributed by atoms with Gasteiger partial charge in [0.15, 0.2) is 0 Å². The molecule has 0 amide bonds. The Bertz CT molecular complexity index is 126. The Morgan fingerprint density at radius 2 is 1.82 bits per heavy atom. The molecule has 4 atom stereocenters. The lowest BCUT2D eigenvalue weighted by Gasteiger charge is -2.33. The van der Waals surface area contributed by atoms with Crippen molar-refractivity contribution in [1.29, 1.82) is 0 Å². The van der Waals surface area contributed by atoms with Crippen molar-refractivity contribution in [2.45, 2.75) is 24.4 Å². The van der Waals surface area contributed by atoms with Crippen LogP contribution in [0, 0.1) is 6.61 Å². The van der Waals surface area contributed by atoms with Gasteiger partial charge in [0.1, 0.15) is 31.0 Å². The van der Waals surface area contributed by atoms with Crippen LogP contribution >= 0.6 is 0 Å². The van der Waals surface area contributed by atoms with Crippen LogP contribution < -0.4 is 0 Å². The SMILES string of the molecule is OCC1O[CH][C@@H](O)[C@H](O)[C@@H]1O. The topological polar surface area (TPSA) is 90.2 Å². The standard InChI is InChI=1S/C6H11O5/c7-1-4-6(10)5(9)3(8)2-11-4/h2-10H,1H2/t3-,4?,5+,6-/m1/s1. The minimum absolute atomic E-state index is 0.387. The highest BCUT2D eigenvalue weighted by Gasteiger charge is 2.37. The predicted molar refractivity (Wildman–Crippen MR) is 34.3 cm³/mol. The van der Waals surface area contributed by atoms with E-state index in [2.05, 4.69) is 4.74 Å². The summed E-state index contributed by atoms with van der Waals surface area (Å²) in [7, 11) is 0. The number of aliphatic hydroxyl groups excluding tert-OH is 4. The first-order valence-electron chi connectivity index (χ1n) is 3.30. The van der Waals surface area contributed by atoms with Gasteiger partial charge in [-0.05, 0) is 0 Å². The second-order valence-corrected chi connectivity index (χ2v) is 2.46. The summed E-state index contributed by atoms with van der Waals surface area (Å²) < 4.78 is 4.69. The third kappa shape index (κ3) is 1.69. The summed E-state index contributed by atoms with van der Waals surface area (Å²) in [6, 6.07) is 0. The molecule has 4 N–H and O–H groups in total. The minimum Gasteiger partial charge on any atom is -0.394 e. The highest BCUT2D eigenvalue weighted by atomic mass is 16.5. The van der Waals surface area contributed by atoms with E-state index in [1.807, 2.05) is 0 Å². The van der Waals surface area contributed by atoms with E-state index in [9.17, 15) is 0 Å². The third-order valence-corrected chi connectivity index (χ3v) is 1.65. The van der Waals surface area contributed by atoms with E-state index in [1.54, 1.807) is 0 Å². The Kier molecular flexibility index (Phi) is 2.80. The molecule has 1 radical (unpaired) electrons. The summed E-state index contributed by atoms with van der Waals surface area (Å²) in [5.41, 5.74) is 0. The van der Waals surface area contributed by atoms with Gasteiger partial charge in [0, 0.05) is 0 Å². The summed E-state index contributed by atoms with van der Waals surface area (Å²) in [6.45, 7) is 0.611. The summed E-state index contributed by atoms with van der Waals surface area (Å²) in [5, 5.41) is 35.6. The predicted octanol–water partition coefficient (Wildman–Crippen LogP) is -2.38. The highest BCUT2D eigenvalue weighted by Crippen LogP contribution is 2.17. The Balaban J connectivity index is 2.52. The third-order valence-electron chi connectivity index (χ3n) is 1.65. The molecule has 1 rings (SSSR count). The molecular weight excluding hydrogens is 152 g/mol. The fraction of sp³-hybridized carbons (Fsp3) is 0.833. The maximum Gasteiger partial charge on any atom is 0.115 e. The molecule has 11 heavy (non-hydrogen) atoms. The molecule has 0 aromatic heterocycles. The minimum atomic E-state index is -1.28. The van der Waals surface area contributed by atoms with Gasteiger partial charge in [-0.3, -0.25) is 0 Å². The van der Waals surface area contributed by atoms with Gasteiger partial charge in [-0.1, -0.05) is 0 Å². The van der Waals surface area contributed by atoms with Gasteiger partial charge in [0.05, 0.1) is 6.61 Å². The molecule has 1 heterocycles. The lowest BCUT2D eigenvalue weighted by Crippen LogP contribution is -2.52. The lowest BCUT2D eigenvalue weighted by atomic mass is 10.0. The van der Waals surface area contributed by atoms with Gasteiger partial charge in [0.2, 0.25) is 0 Å². The first kappa shape index (κ1) is 8.89. The molecule has 0 aliphatic carbocycles. The fourth-order valence-electron chi connectivity index (χ4n) is 0.915. The zero-order chi connectivity index (χ0) is 8.43. The Morgan fingerprint density at radius 1 is 1.18 bits per heavy atom. The number of rotatable bonds is 1. The van der Waals surface area contributed by atoms with Gasteiger partial charge < -0.3 is 25.2 Å². The molecule has 1 unspecified atom stereocenters. The van der Waals surface area contributed by atoms with Crippen LogP contribution in [0.2, 0.25) is 0 Å². The van der Waals surface area contributed by atoms with Crippen molar-refractivity contribution >= 4 is 0 Å². The average Bonchev–Trinajstić information content (AvgIpc) is 2.01. The number of aliphatic hydroxyl groups is 4. The van der Waals surface area contributed by atoms with E-state index in [0.29, 0.717) is 0 Å². The van der Waals surface area contributed by atoms with Crippen LogP contribution in [0.3, 0.4) is 0 Å². The van der Waals surface area contributed by atoms with Crippen LogP contribution in [0.5, 0.6) is 0 Å². The molecule has 1 aliphatic heterocycles.